The van der Waals surface area contributed by atoms with Crippen molar-refractivity contribution in [3.05, 3.63) is 28.2 Å². The Kier molecular flexibility index (Phi) is 5.17. The third kappa shape index (κ3) is 4.27. The second kappa shape index (κ2) is 5.91. The highest BCUT2D eigenvalue weighted by atomic mass is 79.9. The van der Waals surface area contributed by atoms with Crippen molar-refractivity contribution in [1.82, 2.24) is 4.72 Å². The first kappa shape index (κ1) is 16.6. The number of halogens is 1. The van der Waals surface area contributed by atoms with E-state index in [-0.39, 0.29) is 23.0 Å². The summed E-state index contributed by atoms with van der Waals surface area (Å²) in [5.41, 5.74) is 0.390. The van der Waals surface area contributed by atoms with Crippen LogP contribution in [0.1, 0.15) is 33.3 Å². The Morgan fingerprint density at radius 3 is 2.42 bits per heavy atom. The standard InChI is InChI=1S/C13H20BrNO3S/c1-9(13(2,3)4)15-19(17,18)12-7-10(8-16)5-6-11(12)14/h5-7,9,15-16H,8H2,1-4H3. The van der Waals surface area contributed by atoms with Crippen LogP contribution >= 0.6 is 15.9 Å². The van der Waals surface area contributed by atoms with Crippen molar-refractivity contribution in [2.45, 2.75) is 45.2 Å². The third-order valence-corrected chi connectivity index (χ3v) is 5.63. The summed E-state index contributed by atoms with van der Waals surface area (Å²) < 4.78 is 27.9. The van der Waals surface area contributed by atoms with Crippen LogP contribution in [-0.4, -0.2) is 19.6 Å². The van der Waals surface area contributed by atoms with E-state index in [0.29, 0.717) is 10.0 Å². The van der Waals surface area contributed by atoms with Crippen LogP contribution in [0.5, 0.6) is 0 Å². The molecule has 6 heteroatoms. The van der Waals surface area contributed by atoms with Crippen molar-refractivity contribution in [3.8, 4) is 0 Å². The zero-order valence-corrected chi connectivity index (χ0v) is 14.0. The molecule has 0 spiro atoms. The van der Waals surface area contributed by atoms with E-state index in [1.165, 1.54) is 6.07 Å². The number of rotatable bonds is 4. The summed E-state index contributed by atoms with van der Waals surface area (Å²) in [5, 5.41) is 9.10. The monoisotopic (exact) mass is 349 g/mol. The first-order valence-corrected chi connectivity index (χ1v) is 8.27. The number of sulfonamides is 1. The Balaban J connectivity index is 3.14. The molecule has 0 saturated heterocycles. The maximum atomic E-state index is 12.4. The molecule has 0 aliphatic heterocycles. The summed E-state index contributed by atoms with van der Waals surface area (Å²) >= 11 is 3.24. The van der Waals surface area contributed by atoms with Gasteiger partial charge in [0, 0.05) is 10.5 Å². The van der Waals surface area contributed by atoms with Gasteiger partial charge in [0.1, 0.15) is 0 Å². The lowest BCUT2D eigenvalue weighted by atomic mass is 9.89. The van der Waals surface area contributed by atoms with E-state index in [9.17, 15) is 8.42 Å². The van der Waals surface area contributed by atoms with Crippen molar-refractivity contribution in [2.75, 3.05) is 0 Å². The molecule has 0 aliphatic rings. The Hall–Kier alpha value is -0.430. The summed E-state index contributed by atoms with van der Waals surface area (Å²) in [6.45, 7) is 7.56. The summed E-state index contributed by atoms with van der Waals surface area (Å²) in [4.78, 5) is 0.148. The Morgan fingerprint density at radius 2 is 1.95 bits per heavy atom. The minimum atomic E-state index is -3.61. The Labute approximate surface area is 123 Å². The lowest BCUT2D eigenvalue weighted by Crippen LogP contribution is -2.41. The highest BCUT2D eigenvalue weighted by Gasteiger charge is 2.27. The average molecular weight is 350 g/mol. The molecular formula is C13H20BrNO3S. The topological polar surface area (TPSA) is 66.4 Å². The van der Waals surface area contributed by atoms with E-state index in [2.05, 4.69) is 20.7 Å². The minimum absolute atomic E-state index is 0.148. The van der Waals surface area contributed by atoms with Crippen LogP contribution in [0.4, 0.5) is 0 Å². The number of aliphatic hydroxyl groups is 1. The van der Waals surface area contributed by atoms with Gasteiger partial charge >= 0.3 is 0 Å². The number of aliphatic hydroxyl groups excluding tert-OH is 1. The van der Waals surface area contributed by atoms with Crippen LogP contribution in [0.2, 0.25) is 0 Å². The number of nitrogens with one attached hydrogen (secondary N) is 1. The average Bonchev–Trinajstić information content (AvgIpc) is 2.27. The van der Waals surface area contributed by atoms with Gasteiger partial charge in [0.2, 0.25) is 10.0 Å². The van der Waals surface area contributed by atoms with E-state index in [0.717, 1.165) is 0 Å². The molecule has 0 saturated carbocycles. The third-order valence-electron chi connectivity index (χ3n) is 3.10. The maximum Gasteiger partial charge on any atom is 0.241 e. The predicted molar refractivity (Wildman–Crippen MR) is 79.3 cm³/mol. The fourth-order valence-electron chi connectivity index (χ4n) is 1.33. The van der Waals surface area contributed by atoms with Gasteiger partial charge in [0.05, 0.1) is 11.5 Å². The molecule has 0 amide bonds. The zero-order chi connectivity index (χ0) is 14.8. The lowest BCUT2D eigenvalue weighted by Gasteiger charge is -2.28. The highest BCUT2D eigenvalue weighted by Crippen LogP contribution is 2.26. The van der Waals surface area contributed by atoms with E-state index in [1.54, 1.807) is 12.1 Å². The van der Waals surface area contributed by atoms with Crippen molar-refractivity contribution in [1.29, 1.82) is 0 Å². The van der Waals surface area contributed by atoms with E-state index < -0.39 is 10.0 Å². The van der Waals surface area contributed by atoms with Gasteiger partial charge in [-0.25, -0.2) is 13.1 Å². The molecule has 4 nitrogen and oxygen atoms in total. The highest BCUT2D eigenvalue weighted by molar-refractivity contribution is 9.10. The minimum Gasteiger partial charge on any atom is -0.392 e. The second-order valence-corrected chi connectivity index (χ2v) is 8.17. The molecule has 19 heavy (non-hydrogen) atoms. The molecule has 0 aliphatic carbocycles. The molecule has 1 aromatic rings. The number of hydrogen-bond donors (Lipinski definition) is 2. The van der Waals surface area contributed by atoms with Gasteiger partial charge in [-0.3, -0.25) is 0 Å². The van der Waals surface area contributed by atoms with Gasteiger partial charge in [-0.1, -0.05) is 26.8 Å². The molecule has 1 rings (SSSR count). The van der Waals surface area contributed by atoms with Crippen molar-refractivity contribution >= 4 is 26.0 Å². The van der Waals surface area contributed by atoms with Crippen LogP contribution in [-0.2, 0) is 16.6 Å². The van der Waals surface area contributed by atoms with E-state index >= 15 is 0 Å². The van der Waals surface area contributed by atoms with Gasteiger partial charge in [0.15, 0.2) is 0 Å². The van der Waals surface area contributed by atoms with Crippen LogP contribution in [0.3, 0.4) is 0 Å². The SMILES string of the molecule is CC(NS(=O)(=O)c1cc(CO)ccc1Br)C(C)(C)C. The molecule has 0 aromatic heterocycles. The maximum absolute atomic E-state index is 12.4. The lowest BCUT2D eigenvalue weighted by molar-refractivity contribution is 0.281. The summed E-state index contributed by atoms with van der Waals surface area (Å²) in [6, 6.07) is 4.57. The normalized spacial score (nSPS) is 14.4. The summed E-state index contributed by atoms with van der Waals surface area (Å²) in [6.07, 6.45) is 0. The Bertz CT molecular complexity index is 549. The molecule has 0 bridgehead atoms. The van der Waals surface area contributed by atoms with Gasteiger partial charge in [-0.2, -0.15) is 0 Å². The summed E-state index contributed by atoms with van der Waals surface area (Å²) in [5.74, 6) is 0. The number of benzene rings is 1. The summed E-state index contributed by atoms with van der Waals surface area (Å²) in [7, 11) is -3.61. The molecule has 0 heterocycles. The van der Waals surface area contributed by atoms with E-state index in [1.807, 2.05) is 27.7 Å². The molecule has 1 aromatic carbocycles. The van der Waals surface area contributed by atoms with Crippen LogP contribution < -0.4 is 4.72 Å². The first-order chi connectivity index (χ1) is 8.58. The van der Waals surface area contributed by atoms with Crippen LogP contribution in [0.15, 0.2) is 27.6 Å². The molecule has 0 fully saturated rings. The van der Waals surface area contributed by atoms with Gasteiger partial charge in [0.25, 0.3) is 0 Å². The van der Waals surface area contributed by atoms with Gasteiger partial charge < -0.3 is 5.11 Å². The van der Waals surface area contributed by atoms with E-state index in [4.69, 9.17) is 5.11 Å². The van der Waals surface area contributed by atoms with Crippen LogP contribution in [0, 0.1) is 5.41 Å². The molecule has 2 N–H and O–H groups in total. The first-order valence-electron chi connectivity index (χ1n) is 5.99. The van der Waals surface area contributed by atoms with Gasteiger partial charge in [-0.15, -0.1) is 0 Å². The fraction of sp³-hybridized carbons (Fsp3) is 0.538. The molecular weight excluding hydrogens is 330 g/mol. The molecule has 1 atom stereocenters. The Morgan fingerprint density at radius 1 is 1.37 bits per heavy atom. The molecule has 0 radical (unpaired) electrons. The smallest absolute Gasteiger partial charge is 0.241 e. The predicted octanol–water partition coefficient (Wildman–Crippen LogP) is 2.65. The van der Waals surface area contributed by atoms with Crippen molar-refractivity contribution in [3.63, 3.8) is 0 Å². The largest absolute Gasteiger partial charge is 0.392 e. The molecule has 108 valence electrons. The number of hydrogen-bond acceptors (Lipinski definition) is 3. The zero-order valence-electron chi connectivity index (χ0n) is 11.6. The van der Waals surface area contributed by atoms with Crippen molar-refractivity contribution in [2.24, 2.45) is 5.41 Å². The quantitative estimate of drug-likeness (QED) is 0.877. The van der Waals surface area contributed by atoms with Gasteiger partial charge in [-0.05, 0) is 46.0 Å². The van der Waals surface area contributed by atoms with Crippen LogP contribution in [0.25, 0.3) is 0 Å². The second-order valence-electron chi connectivity index (χ2n) is 5.63. The fourth-order valence-corrected chi connectivity index (χ4v) is 3.79. The van der Waals surface area contributed by atoms with Crippen molar-refractivity contribution < 1.29 is 13.5 Å². The molecule has 1 unspecified atom stereocenters.